The Morgan fingerprint density at radius 1 is 1.28 bits per heavy atom. The fourth-order valence-corrected chi connectivity index (χ4v) is 3.84. The quantitative estimate of drug-likeness (QED) is 0.878. The van der Waals surface area contributed by atoms with Crippen LogP contribution in [0.3, 0.4) is 0 Å². The summed E-state index contributed by atoms with van der Waals surface area (Å²) < 4.78 is 1.89. The lowest BCUT2D eigenvalue weighted by molar-refractivity contribution is -0.118. The fourth-order valence-electron chi connectivity index (χ4n) is 3.84. The van der Waals surface area contributed by atoms with E-state index in [0.717, 1.165) is 11.4 Å². The van der Waals surface area contributed by atoms with E-state index in [-0.39, 0.29) is 5.91 Å². The van der Waals surface area contributed by atoms with Crippen LogP contribution in [0.4, 0.5) is 0 Å². The summed E-state index contributed by atoms with van der Waals surface area (Å²) in [6.07, 6.45) is 2.91. The van der Waals surface area contributed by atoms with Crippen LogP contribution in [-0.4, -0.2) is 33.7 Å². The van der Waals surface area contributed by atoms with Crippen molar-refractivity contribution in [1.29, 1.82) is 0 Å². The van der Waals surface area contributed by atoms with Gasteiger partial charge in [-0.3, -0.25) is 14.4 Å². The predicted molar refractivity (Wildman–Crippen MR) is 100 cm³/mol. The Morgan fingerprint density at radius 2 is 2.00 bits per heavy atom. The third kappa shape index (κ3) is 3.76. The van der Waals surface area contributed by atoms with E-state index in [0.29, 0.717) is 19.0 Å². The molecular weight excluding hydrogens is 312 g/mol. The van der Waals surface area contributed by atoms with E-state index < -0.39 is 0 Å². The second-order valence-corrected chi connectivity index (χ2v) is 7.03. The molecule has 1 aliphatic rings. The summed E-state index contributed by atoms with van der Waals surface area (Å²) in [6.45, 7) is 9.29. The molecule has 1 amide bonds. The molecule has 1 atom stereocenters. The number of rotatable bonds is 6. The average molecular weight is 340 g/mol. The minimum atomic E-state index is -0.296. The molecule has 1 fully saturated rings. The molecule has 5 nitrogen and oxygen atoms in total. The van der Waals surface area contributed by atoms with Gasteiger partial charge in [0.15, 0.2) is 0 Å². The Kier molecular flexibility index (Phi) is 5.23. The lowest BCUT2D eigenvalue weighted by atomic mass is 9.98. The number of hydrogen-bond donors (Lipinski definition) is 1. The van der Waals surface area contributed by atoms with Crippen molar-refractivity contribution >= 4 is 5.91 Å². The van der Waals surface area contributed by atoms with Crippen molar-refractivity contribution in [2.24, 2.45) is 5.73 Å². The molecule has 2 N–H and O–H groups in total. The highest BCUT2D eigenvalue weighted by Gasteiger charge is 2.20. The number of aromatic nitrogens is 2. The molecule has 0 aliphatic carbocycles. The van der Waals surface area contributed by atoms with E-state index in [4.69, 9.17) is 5.73 Å². The number of hydrogen-bond acceptors (Lipinski definition) is 3. The molecule has 1 aromatic heterocycles. The smallest absolute Gasteiger partial charge is 0.219 e. The minimum absolute atomic E-state index is 0.296. The van der Waals surface area contributed by atoms with Crippen molar-refractivity contribution in [2.45, 2.75) is 52.6 Å². The first-order valence-electron chi connectivity index (χ1n) is 9.14. The summed E-state index contributed by atoms with van der Waals surface area (Å²) in [7, 11) is 0. The maximum Gasteiger partial charge on any atom is 0.219 e. The first kappa shape index (κ1) is 17.7. The van der Waals surface area contributed by atoms with Gasteiger partial charge >= 0.3 is 0 Å². The lowest BCUT2D eigenvalue weighted by Gasteiger charge is -2.24. The van der Waals surface area contributed by atoms with Crippen molar-refractivity contribution < 1.29 is 4.79 Å². The number of primary amides is 1. The Morgan fingerprint density at radius 3 is 2.68 bits per heavy atom. The van der Waals surface area contributed by atoms with Crippen LogP contribution < -0.4 is 5.73 Å². The van der Waals surface area contributed by atoms with Crippen LogP contribution in [0.15, 0.2) is 24.3 Å². The Bertz CT molecular complexity index is 759. The number of likely N-dealkylation sites (tertiary alicyclic amines) is 1. The van der Waals surface area contributed by atoms with E-state index >= 15 is 0 Å². The SMILES string of the molecule is Cc1nn(CCC(N)=O)c(C)c1-c1cccc([C@@H](C)N2CCCC2)c1. The van der Waals surface area contributed by atoms with E-state index in [9.17, 15) is 4.79 Å². The molecule has 2 aromatic rings. The van der Waals surface area contributed by atoms with E-state index in [2.05, 4.69) is 48.1 Å². The minimum Gasteiger partial charge on any atom is -0.370 e. The zero-order valence-electron chi connectivity index (χ0n) is 15.5. The second-order valence-electron chi connectivity index (χ2n) is 7.03. The summed E-state index contributed by atoms with van der Waals surface area (Å²) in [5.74, 6) is -0.296. The molecule has 25 heavy (non-hydrogen) atoms. The lowest BCUT2D eigenvalue weighted by Crippen LogP contribution is -2.23. The summed E-state index contributed by atoms with van der Waals surface area (Å²) in [6, 6.07) is 9.23. The molecule has 2 heterocycles. The van der Waals surface area contributed by atoms with E-state index in [1.807, 2.05) is 11.6 Å². The first-order chi connectivity index (χ1) is 12.0. The highest BCUT2D eigenvalue weighted by molar-refractivity contribution is 5.73. The second kappa shape index (κ2) is 7.40. The first-order valence-corrected chi connectivity index (χ1v) is 9.14. The Hall–Kier alpha value is -2.14. The molecule has 1 saturated heterocycles. The summed E-state index contributed by atoms with van der Waals surface area (Å²) in [4.78, 5) is 13.6. The third-order valence-electron chi connectivity index (χ3n) is 5.30. The van der Waals surface area contributed by atoms with Crippen LogP contribution in [0.1, 0.15) is 49.2 Å². The van der Waals surface area contributed by atoms with Crippen LogP contribution >= 0.6 is 0 Å². The number of amides is 1. The normalized spacial score (nSPS) is 16.3. The van der Waals surface area contributed by atoms with Gasteiger partial charge in [0.1, 0.15) is 0 Å². The average Bonchev–Trinajstić information content (AvgIpc) is 3.21. The molecule has 0 saturated carbocycles. The van der Waals surface area contributed by atoms with Gasteiger partial charge in [0, 0.05) is 30.3 Å². The number of aryl methyl sites for hydroxylation is 2. The number of carbonyl (C=O) groups is 1. The highest BCUT2D eigenvalue weighted by atomic mass is 16.1. The molecule has 134 valence electrons. The number of nitrogens with two attached hydrogens (primary N) is 1. The summed E-state index contributed by atoms with van der Waals surface area (Å²) in [5.41, 5.74) is 11.1. The van der Waals surface area contributed by atoms with Gasteiger partial charge in [-0.25, -0.2) is 0 Å². The maximum atomic E-state index is 11.1. The van der Waals surface area contributed by atoms with Gasteiger partial charge in [-0.1, -0.05) is 18.2 Å². The molecular formula is C20H28N4O. The largest absolute Gasteiger partial charge is 0.370 e. The maximum absolute atomic E-state index is 11.1. The topological polar surface area (TPSA) is 64.2 Å². The molecule has 0 bridgehead atoms. The van der Waals surface area contributed by atoms with E-state index in [1.54, 1.807) is 0 Å². The summed E-state index contributed by atoms with van der Waals surface area (Å²) in [5, 5.41) is 4.61. The number of nitrogens with zero attached hydrogens (tertiary/aromatic N) is 3. The van der Waals surface area contributed by atoms with Crippen molar-refractivity contribution in [3.8, 4) is 11.1 Å². The zero-order valence-corrected chi connectivity index (χ0v) is 15.5. The molecule has 0 spiro atoms. The Labute approximate surface area is 149 Å². The Balaban J connectivity index is 1.89. The van der Waals surface area contributed by atoms with Crippen LogP contribution in [0.5, 0.6) is 0 Å². The van der Waals surface area contributed by atoms with Crippen LogP contribution in [0.2, 0.25) is 0 Å². The van der Waals surface area contributed by atoms with Crippen molar-refractivity contribution in [2.75, 3.05) is 13.1 Å². The third-order valence-corrected chi connectivity index (χ3v) is 5.30. The van der Waals surface area contributed by atoms with Gasteiger partial charge in [0.05, 0.1) is 5.69 Å². The predicted octanol–water partition coefficient (Wildman–Crippen LogP) is 3.20. The van der Waals surface area contributed by atoms with Crippen LogP contribution in [-0.2, 0) is 11.3 Å². The van der Waals surface area contributed by atoms with Crippen LogP contribution in [0.25, 0.3) is 11.1 Å². The van der Waals surface area contributed by atoms with Crippen LogP contribution in [0, 0.1) is 13.8 Å². The van der Waals surface area contributed by atoms with Gasteiger partial charge in [-0.15, -0.1) is 0 Å². The molecule has 3 rings (SSSR count). The van der Waals surface area contributed by atoms with E-state index in [1.165, 1.54) is 42.6 Å². The number of carbonyl (C=O) groups excluding carboxylic acids is 1. The van der Waals surface area contributed by atoms with Crippen molar-refractivity contribution in [3.63, 3.8) is 0 Å². The van der Waals surface area contributed by atoms with Gasteiger partial charge in [0.25, 0.3) is 0 Å². The fraction of sp³-hybridized carbons (Fsp3) is 0.500. The van der Waals surface area contributed by atoms with Gasteiger partial charge in [-0.2, -0.15) is 5.10 Å². The highest BCUT2D eigenvalue weighted by Crippen LogP contribution is 2.31. The molecule has 5 heteroatoms. The zero-order chi connectivity index (χ0) is 18.0. The molecule has 0 radical (unpaired) electrons. The van der Waals surface area contributed by atoms with Gasteiger partial charge in [0.2, 0.25) is 5.91 Å². The molecule has 0 unspecified atom stereocenters. The summed E-state index contributed by atoms with van der Waals surface area (Å²) >= 11 is 0. The van der Waals surface area contributed by atoms with Crippen molar-refractivity contribution in [1.82, 2.24) is 14.7 Å². The van der Waals surface area contributed by atoms with Crippen molar-refractivity contribution in [3.05, 3.63) is 41.2 Å². The monoisotopic (exact) mass is 340 g/mol. The van der Waals surface area contributed by atoms with Gasteiger partial charge < -0.3 is 5.73 Å². The molecule has 1 aliphatic heterocycles. The number of benzene rings is 1. The standard InChI is InChI=1S/C20H28N4O/c1-14-20(16(3)24(22-14)12-9-19(21)25)18-8-6-7-17(13-18)15(2)23-10-4-5-11-23/h6-8,13,15H,4-5,9-12H2,1-3H3,(H2,21,25)/t15-/m1/s1. The molecule has 1 aromatic carbocycles. The van der Waals surface area contributed by atoms with Gasteiger partial charge in [-0.05, 0) is 63.9 Å².